The average Bonchev–Trinajstić information content (AvgIpc) is 3.06. The van der Waals surface area contributed by atoms with Crippen LogP contribution in [0.25, 0.3) is 10.1 Å². The van der Waals surface area contributed by atoms with E-state index in [1.54, 1.807) is 11.3 Å². The van der Waals surface area contributed by atoms with E-state index in [9.17, 15) is 5.11 Å². The van der Waals surface area contributed by atoms with Crippen LogP contribution in [0.2, 0.25) is 0 Å². The Bertz CT molecular complexity index is 554. The maximum absolute atomic E-state index is 9.44. The molecule has 1 N–H and O–H groups in total. The Morgan fingerprint density at radius 2 is 2.25 bits per heavy atom. The van der Waals surface area contributed by atoms with E-state index in [1.807, 2.05) is 0 Å². The first kappa shape index (κ1) is 14.0. The number of likely N-dealkylation sites (tertiary alicyclic amines) is 1. The fourth-order valence-corrected chi connectivity index (χ4v) is 3.51. The first-order valence-electron chi connectivity index (χ1n) is 7.25. The highest BCUT2D eigenvalue weighted by Crippen LogP contribution is 2.22. The van der Waals surface area contributed by atoms with Crippen LogP contribution in [-0.4, -0.2) is 49.0 Å². The minimum Gasteiger partial charge on any atom is -0.392 e. The summed E-state index contributed by atoms with van der Waals surface area (Å²) in [5, 5.41) is 12.9. The van der Waals surface area contributed by atoms with Crippen molar-refractivity contribution >= 4 is 21.4 Å². The molecule has 1 saturated heterocycles. The zero-order valence-corrected chi connectivity index (χ0v) is 12.4. The van der Waals surface area contributed by atoms with Crippen LogP contribution in [0, 0.1) is 0 Å². The molecule has 2 aromatic rings. The Morgan fingerprint density at radius 3 is 3.10 bits per heavy atom. The van der Waals surface area contributed by atoms with Crippen LogP contribution in [0.15, 0.2) is 29.6 Å². The second-order valence-electron chi connectivity index (χ2n) is 5.40. The van der Waals surface area contributed by atoms with Crippen LogP contribution in [0.3, 0.4) is 0 Å². The van der Waals surface area contributed by atoms with Gasteiger partial charge in [0.05, 0.1) is 19.3 Å². The molecule has 0 unspecified atom stereocenters. The maximum Gasteiger partial charge on any atom is 0.0679 e. The molecule has 0 radical (unpaired) electrons. The van der Waals surface area contributed by atoms with Crippen molar-refractivity contribution in [3.8, 4) is 0 Å². The lowest BCUT2D eigenvalue weighted by Gasteiger charge is -2.14. The van der Waals surface area contributed by atoms with Crippen molar-refractivity contribution in [1.82, 2.24) is 4.90 Å². The van der Waals surface area contributed by atoms with Gasteiger partial charge in [0.25, 0.3) is 0 Å². The number of rotatable bonds is 6. The number of hydrogen-bond donors (Lipinski definition) is 1. The molecule has 4 heteroatoms. The molecule has 3 nitrogen and oxygen atoms in total. The summed E-state index contributed by atoms with van der Waals surface area (Å²) in [7, 11) is 0. The molecule has 20 heavy (non-hydrogen) atoms. The van der Waals surface area contributed by atoms with E-state index in [4.69, 9.17) is 4.74 Å². The Kier molecular flexibility index (Phi) is 4.68. The Labute approximate surface area is 123 Å². The lowest BCUT2D eigenvalue weighted by Crippen LogP contribution is -2.26. The van der Waals surface area contributed by atoms with Crippen molar-refractivity contribution in [3.63, 3.8) is 0 Å². The predicted molar refractivity (Wildman–Crippen MR) is 83.4 cm³/mol. The quantitative estimate of drug-likeness (QED) is 0.830. The molecular weight excluding hydrogens is 270 g/mol. The fourth-order valence-electron chi connectivity index (χ4n) is 2.66. The van der Waals surface area contributed by atoms with Gasteiger partial charge in [-0.1, -0.05) is 12.1 Å². The van der Waals surface area contributed by atoms with E-state index in [-0.39, 0.29) is 6.10 Å². The fraction of sp³-hybridized carbons (Fsp3) is 0.500. The number of aliphatic hydroxyl groups excluding tert-OH is 1. The molecule has 3 rings (SSSR count). The van der Waals surface area contributed by atoms with Crippen molar-refractivity contribution in [1.29, 1.82) is 0 Å². The van der Waals surface area contributed by atoms with Gasteiger partial charge in [-0.25, -0.2) is 0 Å². The maximum atomic E-state index is 9.44. The normalized spacial score (nSPS) is 19.9. The van der Waals surface area contributed by atoms with Gasteiger partial charge in [-0.3, -0.25) is 4.90 Å². The molecule has 2 heterocycles. The molecule has 0 aliphatic carbocycles. The largest absolute Gasteiger partial charge is 0.392 e. The third kappa shape index (κ3) is 3.58. The van der Waals surface area contributed by atoms with Crippen molar-refractivity contribution in [3.05, 3.63) is 35.2 Å². The van der Waals surface area contributed by atoms with Crippen molar-refractivity contribution in [2.24, 2.45) is 0 Å². The molecule has 1 aromatic carbocycles. The topological polar surface area (TPSA) is 32.7 Å². The number of ether oxygens (including phenoxy) is 1. The summed E-state index contributed by atoms with van der Waals surface area (Å²) in [4.78, 5) is 2.27. The van der Waals surface area contributed by atoms with E-state index >= 15 is 0 Å². The molecule has 1 aliphatic rings. The standard InChI is InChI=1S/C16H21NO2S/c18-15-3-6-17(12-15)7-9-19-8-4-13-1-2-14-5-10-20-16(14)11-13/h1-2,5,10-11,15,18H,3-4,6-9,12H2/t15-/m1/s1. The minimum atomic E-state index is -0.132. The summed E-state index contributed by atoms with van der Waals surface area (Å²) in [6.45, 7) is 4.26. The first-order chi connectivity index (χ1) is 9.81. The van der Waals surface area contributed by atoms with Crippen molar-refractivity contribution < 1.29 is 9.84 Å². The highest BCUT2D eigenvalue weighted by Gasteiger charge is 2.19. The average molecular weight is 291 g/mol. The number of β-amino-alcohol motifs (C(OH)–C–C–N with tert-alkyl or cyclic N) is 1. The minimum absolute atomic E-state index is 0.132. The van der Waals surface area contributed by atoms with Crippen LogP contribution >= 0.6 is 11.3 Å². The van der Waals surface area contributed by atoms with Crippen LogP contribution in [0.5, 0.6) is 0 Å². The molecule has 1 fully saturated rings. The summed E-state index contributed by atoms with van der Waals surface area (Å²) >= 11 is 1.79. The van der Waals surface area contributed by atoms with Gasteiger partial charge in [0.2, 0.25) is 0 Å². The van der Waals surface area contributed by atoms with Crippen molar-refractivity contribution in [2.45, 2.75) is 18.9 Å². The van der Waals surface area contributed by atoms with E-state index in [1.165, 1.54) is 15.6 Å². The molecule has 0 saturated carbocycles. The van der Waals surface area contributed by atoms with Crippen LogP contribution in [-0.2, 0) is 11.2 Å². The van der Waals surface area contributed by atoms with E-state index in [2.05, 4.69) is 34.5 Å². The van der Waals surface area contributed by atoms with E-state index in [0.29, 0.717) is 0 Å². The Hall–Kier alpha value is -0.940. The molecule has 1 atom stereocenters. The molecule has 108 valence electrons. The highest BCUT2D eigenvalue weighted by molar-refractivity contribution is 7.17. The summed E-state index contributed by atoms with van der Waals surface area (Å²) in [5.41, 5.74) is 1.34. The number of benzene rings is 1. The number of aliphatic hydroxyl groups is 1. The third-order valence-corrected chi connectivity index (χ3v) is 4.73. The van der Waals surface area contributed by atoms with Gasteiger partial charge in [0, 0.05) is 24.3 Å². The second-order valence-corrected chi connectivity index (χ2v) is 6.35. The lowest BCUT2D eigenvalue weighted by molar-refractivity contribution is 0.106. The number of nitrogens with zero attached hydrogens (tertiary/aromatic N) is 1. The van der Waals surface area contributed by atoms with Gasteiger partial charge < -0.3 is 9.84 Å². The van der Waals surface area contributed by atoms with Gasteiger partial charge in [0.1, 0.15) is 0 Å². The summed E-state index contributed by atoms with van der Waals surface area (Å²) < 4.78 is 7.06. The molecule has 1 aromatic heterocycles. The lowest BCUT2D eigenvalue weighted by atomic mass is 10.1. The molecule has 1 aliphatic heterocycles. The van der Waals surface area contributed by atoms with Crippen LogP contribution in [0.4, 0.5) is 0 Å². The van der Waals surface area contributed by atoms with Gasteiger partial charge in [-0.2, -0.15) is 0 Å². The zero-order chi connectivity index (χ0) is 13.8. The monoisotopic (exact) mass is 291 g/mol. The van der Waals surface area contributed by atoms with Gasteiger partial charge >= 0.3 is 0 Å². The van der Waals surface area contributed by atoms with Gasteiger partial charge in [-0.15, -0.1) is 11.3 Å². The summed E-state index contributed by atoms with van der Waals surface area (Å²) in [5.74, 6) is 0. The molecule has 0 amide bonds. The molecular formula is C16H21NO2S. The number of thiophene rings is 1. The van der Waals surface area contributed by atoms with E-state index < -0.39 is 0 Å². The Morgan fingerprint density at radius 1 is 1.30 bits per heavy atom. The first-order valence-corrected chi connectivity index (χ1v) is 8.13. The summed E-state index contributed by atoms with van der Waals surface area (Å²) in [6, 6.07) is 8.80. The molecule has 0 spiro atoms. The van der Waals surface area contributed by atoms with E-state index in [0.717, 1.165) is 45.7 Å². The number of fused-ring (bicyclic) bond motifs is 1. The smallest absolute Gasteiger partial charge is 0.0679 e. The van der Waals surface area contributed by atoms with Crippen LogP contribution in [0.1, 0.15) is 12.0 Å². The Balaban J connectivity index is 1.37. The SMILES string of the molecule is O[C@@H]1CCN(CCOCCc2ccc3ccsc3c2)C1. The third-order valence-electron chi connectivity index (χ3n) is 3.86. The summed E-state index contributed by atoms with van der Waals surface area (Å²) in [6.07, 6.45) is 1.74. The van der Waals surface area contributed by atoms with Gasteiger partial charge in [-0.05, 0) is 41.3 Å². The van der Waals surface area contributed by atoms with Crippen molar-refractivity contribution in [2.75, 3.05) is 32.8 Å². The molecule has 0 bridgehead atoms. The number of hydrogen-bond acceptors (Lipinski definition) is 4. The zero-order valence-electron chi connectivity index (χ0n) is 11.6. The van der Waals surface area contributed by atoms with Crippen LogP contribution < -0.4 is 0 Å². The highest BCUT2D eigenvalue weighted by atomic mass is 32.1. The van der Waals surface area contributed by atoms with Gasteiger partial charge in [0.15, 0.2) is 0 Å². The predicted octanol–water partition coefficient (Wildman–Crippen LogP) is 2.53. The second kappa shape index (κ2) is 6.68.